The molecule has 0 bridgehead atoms. The third-order valence-corrected chi connectivity index (χ3v) is 2.46. The molecular weight excluding hydrogens is 289 g/mol. The average molecular weight is 304 g/mol. The van der Waals surface area contributed by atoms with Crippen LogP contribution in [0.15, 0.2) is 24.3 Å². The Morgan fingerprint density at radius 2 is 1.57 bits per heavy atom. The van der Waals surface area contributed by atoms with E-state index in [2.05, 4.69) is 4.74 Å². The van der Waals surface area contributed by atoms with Gasteiger partial charge in [0.15, 0.2) is 6.61 Å². The molecule has 1 aromatic rings. The number of unbranched alkanes of at least 4 members (excludes halogenated alkanes) is 1. The highest BCUT2D eigenvalue weighted by Gasteiger charge is 2.30. The van der Waals surface area contributed by atoms with E-state index in [1.165, 1.54) is 24.3 Å². The maximum atomic E-state index is 12.0. The van der Waals surface area contributed by atoms with Gasteiger partial charge in [-0.15, -0.1) is 0 Å². The average Bonchev–Trinajstić information content (AvgIpc) is 2.44. The van der Waals surface area contributed by atoms with Crippen molar-refractivity contribution in [2.45, 2.75) is 25.9 Å². The minimum absolute atomic E-state index is 0.110. The Morgan fingerprint density at radius 1 is 1.05 bits per heavy atom. The summed E-state index contributed by atoms with van der Waals surface area (Å²) in [6.07, 6.45) is -3.14. The van der Waals surface area contributed by atoms with Crippen molar-refractivity contribution < 1.29 is 32.2 Å². The van der Waals surface area contributed by atoms with Gasteiger partial charge in [0.1, 0.15) is 0 Å². The second-order valence-corrected chi connectivity index (χ2v) is 4.23. The number of carbonyl (C=O) groups excluding carboxylic acids is 2. The molecule has 4 nitrogen and oxygen atoms in total. The van der Waals surface area contributed by atoms with Gasteiger partial charge in [0.2, 0.25) is 0 Å². The molecule has 0 amide bonds. The standard InChI is InChI=1S/C14H15F3O4/c1-2-3-8-20-12(18)10-6-4-5-7-11(10)13(19)21-9-14(15,16)17/h4-7H,2-3,8-9H2,1H3. The highest BCUT2D eigenvalue weighted by molar-refractivity contribution is 6.03. The zero-order valence-electron chi connectivity index (χ0n) is 11.4. The number of benzene rings is 1. The maximum Gasteiger partial charge on any atom is 0.422 e. The van der Waals surface area contributed by atoms with Gasteiger partial charge in [0.05, 0.1) is 17.7 Å². The smallest absolute Gasteiger partial charge is 0.422 e. The molecule has 0 N–H and O–H groups in total. The van der Waals surface area contributed by atoms with Crippen molar-refractivity contribution in [1.82, 2.24) is 0 Å². The lowest BCUT2D eigenvalue weighted by Crippen LogP contribution is -2.22. The Balaban J connectivity index is 2.78. The van der Waals surface area contributed by atoms with Crippen LogP contribution in [0.4, 0.5) is 13.2 Å². The Labute approximate surface area is 119 Å². The van der Waals surface area contributed by atoms with Gasteiger partial charge in [-0.1, -0.05) is 25.5 Å². The number of alkyl halides is 3. The Bertz CT molecular complexity index is 497. The summed E-state index contributed by atoms with van der Waals surface area (Å²) in [4.78, 5) is 23.4. The lowest BCUT2D eigenvalue weighted by Gasteiger charge is -2.10. The zero-order chi connectivity index (χ0) is 15.9. The minimum atomic E-state index is -4.62. The predicted molar refractivity (Wildman–Crippen MR) is 68.0 cm³/mol. The summed E-state index contributed by atoms with van der Waals surface area (Å²) in [5.74, 6) is -1.97. The molecule has 7 heteroatoms. The van der Waals surface area contributed by atoms with Crippen molar-refractivity contribution in [3.05, 3.63) is 35.4 Å². The highest BCUT2D eigenvalue weighted by Crippen LogP contribution is 2.17. The van der Waals surface area contributed by atoms with Gasteiger partial charge in [-0.05, 0) is 18.6 Å². The summed E-state index contributed by atoms with van der Waals surface area (Å²) in [5.41, 5.74) is -0.357. The number of ether oxygens (including phenoxy) is 2. The topological polar surface area (TPSA) is 52.6 Å². The van der Waals surface area contributed by atoms with Crippen LogP contribution in [0.3, 0.4) is 0 Å². The monoisotopic (exact) mass is 304 g/mol. The number of hydrogen-bond acceptors (Lipinski definition) is 4. The molecule has 1 rings (SSSR count). The molecule has 0 unspecified atom stereocenters. The first-order valence-electron chi connectivity index (χ1n) is 6.35. The summed E-state index contributed by atoms with van der Waals surface area (Å²) in [6.45, 7) is 0.391. The molecule has 0 heterocycles. The SMILES string of the molecule is CCCCOC(=O)c1ccccc1C(=O)OCC(F)(F)F. The molecule has 0 aliphatic rings. The number of esters is 2. The lowest BCUT2D eigenvalue weighted by molar-refractivity contribution is -0.161. The number of halogens is 3. The number of carbonyl (C=O) groups is 2. The van der Waals surface area contributed by atoms with E-state index >= 15 is 0 Å². The van der Waals surface area contributed by atoms with Crippen molar-refractivity contribution in [3.63, 3.8) is 0 Å². The van der Waals surface area contributed by atoms with Crippen LogP contribution in [0.2, 0.25) is 0 Å². The van der Waals surface area contributed by atoms with Crippen LogP contribution < -0.4 is 0 Å². The van der Waals surface area contributed by atoms with Gasteiger partial charge < -0.3 is 9.47 Å². The lowest BCUT2D eigenvalue weighted by atomic mass is 10.1. The van der Waals surface area contributed by atoms with Gasteiger partial charge in [0, 0.05) is 0 Å². The van der Waals surface area contributed by atoms with E-state index in [0.717, 1.165) is 6.42 Å². The fourth-order valence-electron chi connectivity index (χ4n) is 1.45. The van der Waals surface area contributed by atoms with Gasteiger partial charge in [-0.25, -0.2) is 9.59 Å². The normalized spacial score (nSPS) is 11.0. The first kappa shape index (κ1) is 17.0. The molecule has 0 spiro atoms. The largest absolute Gasteiger partial charge is 0.462 e. The molecule has 0 aromatic heterocycles. The Morgan fingerprint density at radius 3 is 2.05 bits per heavy atom. The molecule has 0 atom stereocenters. The second kappa shape index (κ2) is 7.66. The van der Waals surface area contributed by atoms with E-state index in [1.54, 1.807) is 0 Å². The van der Waals surface area contributed by atoms with Crippen molar-refractivity contribution in [2.24, 2.45) is 0 Å². The first-order chi connectivity index (χ1) is 9.85. The van der Waals surface area contributed by atoms with E-state index in [1.807, 2.05) is 6.92 Å². The molecule has 0 radical (unpaired) electrons. The first-order valence-corrected chi connectivity index (χ1v) is 6.35. The van der Waals surface area contributed by atoms with Crippen LogP contribution in [0.25, 0.3) is 0 Å². The fourth-order valence-corrected chi connectivity index (χ4v) is 1.45. The number of rotatable bonds is 6. The van der Waals surface area contributed by atoms with E-state index in [4.69, 9.17) is 4.74 Å². The predicted octanol–water partition coefficient (Wildman–Crippen LogP) is 3.36. The van der Waals surface area contributed by atoms with Crippen LogP contribution in [0, 0.1) is 0 Å². The molecule has 0 saturated carbocycles. The summed E-state index contributed by atoms with van der Waals surface area (Å²) in [7, 11) is 0. The highest BCUT2D eigenvalue weighted by atomic mass is 19.4. The van der Waals surface area contributed by atoms with Gasteiger partial charge >= 0.3 is 18.1 Å². The van der Waals surface area contributed by atoms with Crippen molar-refractivity contribution in [2.75, 3.05) is 13.2 Å². The van der Waals surface area contributed by atoms with Gasteiger partial charge in [-0.3, -0.25) is 0 Å². The molecule has 0 aliphatic carbocycles. The molecular formula is C14H15F3O4. The summed E-state index contributed by atoms with van der Waals surface area (Å²) >= 11 is 0. The van der Waals surface area contributed by atoms with Gasteiger partial charge in [0.25, 0.3) is 0 Å². The van der Waals surface area contributed by atoms with Crippen LogP contribution >= 0.6 is 0 Å². The molecule has 0 saturated heterocycles. The minimum Gasteiger partial charge on any atom is -0.462 e. The van der Waals surface area contributed by atoms with Crippen LogP contribution in [-0.4, -0.2) is 31.3 Å². The zero-order valence-corrected chi connectivity index (χ0v) is 11.4. The maximum absolute atomic E-state index is 12.0. The fraction of sp³-hybridized carbons (Fsp3) is 0.429. The van der Waals surface area contributed by atoms with Crippen LogP contribution in [0.1, 0.15) is 40.5 Å². The van der Waals surface area contributed by atoms with Crippen molar-refractivity contribution in [3.8, 4) is 0 Å². The summed E-state index contributed by atoms with van der Waals surface area (Å²) in [6, 6.07) is 5.43. The molecule has 116 valence electrons. The summed E-state index contributed by atoms with van der Waals surface area (Å²) < 4.78 is 45.2. The van der Waals surface area contributed by atoms with Crippen LogP contribution in [0.5, 0.6) is 0 Å². The van der Waals surface area contributed by atoms with E-state index in [0.29, 0.717) is 6.42 Å². The molecule has 1 aromatic carbocycles. The number of hydrogen-bond donors (Lipinski definition) is 0. The molecule has 0 fully saturated rings. The summed E-state index contributed by atoms with van der Waals surface area (Å²) in [5, 5.41) is 0. The molecule has 0 aliphatic heterocycles. The quantitative estimate of drug-likeness (QED) is 0.597. The van der Waals surface area contributed by atoms with E-state index in [-0.39, 0.29) is 17.7 Å². The van der Waals surface area contributed by atoms with Crippen LogP contribution in [-0.2, 0) is 9.47 Å². The molecule has 21 heavy (non-hydrogen) atoms. The Kier molecular flexibility index (Phi) is 6.20. The van der Waals surface area contributed by atoms with Crippen molar-refractivity contribution >= 4 is 11.9 Å². The van der Waals surface area contributed by atoms with Gasteiger partial charge in [-0.2, -0.15) is 13.2 Å². The second-order valence-electron chi connectivity index (χ2n) is 4.23. The third kappa shape index (κ3) is 5.85. The third-order valence-electron chi connectivity index (χ3n) is 2.46. The Hall–Kier alpha value is -2.05. The van der Waals surface area contributed by atoms with E-state index < -0.39 is 24.7 Å². The van der Waals surface area contributed by atoms with Crippen molar-refractivity contribution in [1.29, 1.82) is 0 Å². The van der Waals surface area contributed by atoms with E-state index in [9.17, 15) is 22.8 Å².